The van der Waals surface area contributed by atoms with E-state index in [0.29, 0.717) is 15.7 Å². The van der Waals surface area contributed by atoms with E-state index < -0.39 is 5.97 Å². The number of nitrogens with zero attached hydrogens (tertiary/aromatic N) is 3. The minimum atomic E-state index is -0.484. The molecule has 1 aromatic carbocycles. The number of esters is 1. The molecule has 0 aliphatic heterocycles. The summed E-state index contributed by atoms with van der Waals surface area (Å²) in [6.07, 6.45) is 0.924. The first-order valence-electron chi connectivity index (χ1n) is 11.1. The Hall–Kier alpha value is -2.95. The first-order chi connectivity index (χ1) is 16.9. The van der Waals surface area contributed by atoms with Crippen molar-refractivity contribution in [1.29, 1.82) is 0 Å². The van der Waals surface area contributed by atoms with Crippen molar-refractivity contribution in [3.63, 3.8) is 0 Å². The predicted octanol–water partition coefficient (Wildman–Crippen LogP) is 6.28. The fraction of sp³-hybridized carbons (Fsp3) is 0.280. The van der Waals surface area contributed by atoms with E-state index in [1.807, 2.05) is 35.7 Å². The maximum Gasteiger partial charge on any atom is 0.341 e. The Kier molecular flexibility index (Phi) is 8.04. The molecule has 1 N–H and O–H groups in total. The molecule has 0 unspecified atom stereocenters. The standard InChI is InChI=1S/C25H26N4O3S3/c1-5-11-29-22(18-12-33-16(3)15(18)2)27-28-25(29)35-14-20(30)26-23-21(24(31)32-4)19(13-34-23)17-9-7-6-8-10-17/h6-10,12-13H,5,11,14H2,1-4H3,(H,26,30). The predicted molar refractivity (Wildman–Crippen MR) is 144 cm³/mol. The molecule has 0 saturated carbocycles. The lowest BCUT2D eigenvalue weighted by Gasteiger charge is -2.10. The molecule has 0 aliphatic rings. The number of aryl methyl sites for hydroxylation is 1. The number of rotatable bonds is 9. The number of carbonyl (C=O) groups is 2. The number of thioether (sulfide) groups is 1. The summed E-state index contributed by atoms with van der Waals surface area (Å²) in [6, 6.07) is 9.57. The van der Waals surface area contributed by atoms with Gasteiger partial charge in [-0.2, -0.15) is 0 Å². The van der Waals surface area contributed by atoms with Crippen LogP contribution in [0.3, 0.4) is 0 Å². The highest BCUT2D eigenvalue weighted by Gasteiger charge is 2.23. The highest BCUT2D eigenvalue weighted by molar-refractivity contribution is 7.99. The van der Waals surface area contributed by atoms with Gasteiger partial charge < -0.3 is 14.6 Å². The molecule has 4 aromatic rings. The van der Waals surface area contributed by atoms with E-state index in [0.717, 1.165) is 35.5 Å². The van der Waals surface area contributed by atoms with Crippen LogP contribution >= 0.6 is 34.4 Å². The van der Waals surface area contributed by atoms with Gasteiger partial charge in [0.15, 0.2) is 11.0 Å². The third-order valence-corrected chi connectivity index (χ3v) is 8.42. The van der Waals surface area contributed by atoms with E-state index in [4.69, 9.17) is 4.74 Å². The number of benzene rings is 1. The lowest BCUT2D eigenvalue weighted by Crippen LogP contribution is -2.16. The Morgan fingerprint density at radius 2 is 1.83 bits per heavy atom. The molecule has 1 amide bonds. The van der Waals surface area contributed by atoms with Crippen molar-refractivity contribution in [2.45, 2.75) is 38.9 Å². The maximum atomic E-state index is 12.9. The van der Waals surface area contributed by atoms with E-state index in [9.17, 15) is 9.59 Å². The minimum absolute atomic E-state index is 0.142. The molecule has 0 bridgehead atoms. The first kappa shape index (κ1) is 25.2. The number of carbonyl (C=O) groups excluding carboxylic acids is 2. The molecule has 0 aliphatic carbocycles. The Morgan fingerprint density at radius 1 is 1.09 bits per heavy atom. The van der Waals surface area contributed by atoms with Crippen molar-refractivity contribution < 1.29 is 14.3 Å². The molecule has 3 aromatic heterocycles. The summed E-state index contributed by atoms with van der Waals surface area (Å²) in [5.41, 5.74) is 4.27. The lowest BCUT2D eigenvalue weighted by molar-refractivity contribution is -0.113. The highest BCUT2D eigenvalue weighted by Crippen LogP contribution is 2.36. The summed E-state index contributed by atoms with van der Waals surface area (Å²) in [7, 11) is 1.34. The average Bonchev–Trinajstić information content (AvgIpc) is 3.56. The van der Waals surface area contributed by atoms with Crippen LogP contribution in [0.1, 0.15) is 34.1 Å². The molecule has 10 heteroatoms. The molecule has 4 rings (SSSR count). The van der Waals surface area contributed by atoms with Gasteiger partial charge in [0, 0.05) is 33.3 Å². The van der Waals surface area contributed by atoms with Crippen LogP contribution in [0.25, 0.3) is 22.5 Å². The van der Waals surface area contributed by atoms with Crippen molar-refractivity contribution in [2.75, 3.05) is 18.2 Å². The van der Waals surface area contributed by atoms with E-state index in [2.05, 4.69) is 46.2 Å². The number of hydrogen-bond donors (Lipinski definition) is 1. The molecule has 7 nitrogen and oxygen atoms in total. The fourth-order valence-electron chi connectivity index (χ4n) is 3.63. The Labute approximate surface area is 216 Å². The van der Waals surface area contributed by atoms with Crippen LogP contribution < -0.4 is 5.32 Å². The van der Waals surface area contributed by atoms with E-state index in [1.54, 1.807) is 11.3 Å². The second kappa shape index (κ2) is 11.2. The molecule has 0 radical (unpaired) electrons. The SMILES string of the molecule is CCCn1c(SCC(=O)Nc2scc(-c3ccccc3)c2C(=O)OC)nnc1-c1csc(C)c1C. The van der Waals surface area contributed by atoms with Crippen molar-refractivity contribution in [2.24, 2.45) is 0 Å². The molecule has 0 spiro atoms. The van der Waals surface area contributed by atoms with Gasteiger partial charge in [-0.25, -0.2) is 4.79 Å². The number of hydrogen-bond acceptors (Lipinski definition) is 8. The number of ether oxygens (including phenoxy) is 1. The van der Waals surface area contributed by atoms with Crippen molar-refractivity contribution in [3.8, 4) is 22.5 Å². The molecular weight excluding hydrogens is 501 g/mol. The molecule has 0 fully saturated rings. The summed E-state index contributed by atoms with van der Waals surface area (Å²) in [6.45, 7) is 7.06. The zero-order valence-electron chi connectivity index (χ0n) is 20.0. The Morgan fingerprint density at radius 3 is 2.49 bits per heavy atom. The zero-order chi connectivity index (χ0) is 24.9. The minimum Gasteiger partial charge on any atom is -0.465 e. The van der Waals surface area contributed by atoms with Gasteiger partial charge in [0.2, 0.25) is 5.91 Å². The third kappa shape index (κ3) is 5.34. The molecular formula is C25H26N4O3S3. The normalized spacial score (nSPS) is 11.0. The van der Waals surface area contributed by atoms with E-state index in [1.165, 1.54) is 40.6 Å². The second-order valence-corrected chi connectivity index (χ2v) is 10.7. The van der Waals surface area contributed by atoms with Gasteiger partial charge in [0.05, 0.1) is 12.9 Å². The van der Waals surface area contributed by atoms with Crippen molar-refractivity contribution >= 4 is 51.3 Å². The lowest BCUT2D eigenvalue weighted by atomic mass is 10.0. The van der Waals surface area contributed by atoms with E-state index in [-0.39, 0.29) is 11.7 Å². The number of aromatic nitrogens is 3. The summed E-state index contributed by atoms with van der Waals surface area (Å²) in [5, 5.41) is 16.8. The van der Waals surface area contributed by atoms with Gasteiger partial charge in [-0.3, -0.25) is 4.79 Å². The summed E-state index contributed by atoms with van der Waals surface area (Å²) >= 11 is 4.34. The van der Waals surface area contributed by atoms with Gasteiger partial charge in [-0.1, -0.05) is 49.0 Å². The first-order valence-corrected chi connectivity index (χ1v) is 13.8. The van der Waals surface area contributed by atoms with Crippen LogP contribution in [-0.2, 0) is 16.1 Å². The summed E-state index contributed by atoms with van der Waals surface area (Å²) in [4.78, 5) is 26.7. The largest absolute Gasteiger partial charge is 0.465 e. The molecule has 0 atom stereocenters. The second-order valence-electron chi connectivity index (χ2n) is 7.84. The number of amides is 1. The Bertz CT molecular complexity index is 1340. The van der Waals surface area contributed by atoms with E-state index >= 15 is 0 Å². The fourth-order valence-corrected chi connectivity index (χ4v) is 6.23. The quantitative estimate of drug-likeness (QED) is 0.204. The monoisotopic (exact) mass is 526 g/mol. The average molecular weight is 527 g/mol. The number of anilines is 1. The Balaban J connectivity index is 1.52. The summed E-state index contributed by atoms with van der Waals surface area (Å²) < 4.78 is 7.07. The van der Waals surface area contributed by atoms with Gasteiger partial charge in [0.1, 0.15) is 10.6 Å². The van der Waals surface area contributed by atoms with Crippen LogP contribution in [0.2, 0.25) is 0 Å². The smallest absolute Gasteiger partial charge is 0.341 e. The molecule has 182 valence electrons. The third-order valence-electron chi connectivity index (χ3n) is 5.54. The van der Waals surface area contributed by atoms with Gasteiger partial charge in [0.25, 0.3) is 0 Å². The molecule has 0 saturated heterocycles. The van der Waals surface area contributed by atoms with Crippen molar-refractivity contribution in [1.82, 2.24) is 14.8 Å². The van der Waals surface area contributed by atoms with Gasteiger partial charge in [-0.15, -0.1) is 32.9 Å². The van der Waals surface area contributed by atoms with Crippen LogP contribution in [0, 0.1) is 13.8 Å². The van der Waals surface area contributed by atoms with Gasteiger partial charge in [-0.05, 0) is 31.4 Å². The van der Waals surface area contributed by atoms with Crippen LogP contribution in [0.4, 0.5) is 5.00 Å². The molecule has 35 heavy (non-hydrogen) atoms. The van der Waals surface area contributed by atoms with Crippen LogP contribution in [-0.4, -0.2) is 39.5 Å². The van der Waals surface area contributed by atoms with Crippen LogP contribution in [0.15, 0.2) is 46.2 Å². The van der Waals surface area contributed by atoms with Crippen LogP contribution in [0.5, 0.6) is 0 Å². The maximum absolute atomic E-state index is 12.9. The van der Waals surface area contributed by atoms with Crippen molar-refractivity contribution in [3.05, 3.63) is 57.1 Å². The highest BCUT2D eigenvalue weighted by atomic mass is 32.2. The van der Waals surface area contributed by atoms with Gasteiger partial charge >= 0.3 is 5.97 Å². The summed E-state index contributed by atoms with van der Waals surface area (Å²) in [5.74, 6) is 0.261. The molecule has 3 heterocycles. The zero-order valence-corrected chi connectivity index (χ0v) is 22.4. The number of nitrogens with one attached hydrogen (secondary N) is 1. The number of methoxy groups -OCH3 is 1. The number of thiophene rings is 2. The topological polar surface area (TPSA) is 86.1 Å².